The summed E-state index contributed by atoms with van der Waals surface area (Å²) >= 11 is 0. The number of nitrogens with one attached hydrogen (secondary N) is 1. The Morgan fingerprint density at radius 2 is 1.59 bits per heavy atom. The molecular formula is C30H31N3O6. The van der Waals surface area contributed by atoms with E-state index < -0.39 is 29.8 Å². The van der Waals surface area contributed by atoms with E-state index in [9.17, 15) is 14.4 Å². The van der Waals surface area contributed by atoms with Crippen molar-refractivity contribution in [3.63, 3.8) is 0 Å². The second-order valence-corrected chi connectivity index (χ2v) is 9.44. The van der Waals surface area contributed by atoms with Crippen LogP contribution in [0, 0.1) is 18.8 Å². The lowest BCUT2D eigenvalue weighted by molar-refractivity contribution is -0.153. The van der Waals surface area contributed by atoms with Crippen molar-refractivity contribution in [2.75, 3.05) is 25.6 Å². The van der Waals surface area contributed by atoms with E-state index in [1.165, 1.54) is 0 Å². The van der Waals surface area contributed by atoms with Crippen LogP contribution in [-0.2, 0) is 23.9 Å². The van der Waals surface area contributed by atoms with Crippen LogP contribution >= 0.6 is 0 Å². The molecule has 5 rings (SSSR count). The molecule has 3 atom stereocenters. The van der Waals surface area contributed by atoms with E-state index in [2.05, 4.69) is 5.32 Å². The van der Waals surface area contributed by atoms with Crippen molar-refractivity contribution in [3.05, 3.63) is 77.0 Å². The van der Waals surface area contributed by atoms with Gasteiger partial charge in [0.1, 0.15) is 17.5 Å². The highest BCUT2D eigenvalue weighted by Gasteiger charge is 2.50. The summed E-state index contributed by atoms with van der Waals surface area (Å²) in [6.45, 7) is 5.57. The molecule has 2 heterocycles. The van der Waals surface area contributed by atoms with Gasteiger partial charge in [-0.3, -0.25) is 14.4 Å². The summed E-state index contributed by atoms with van der Waals surface area (Å²) in [6.07, 6.45) is -0.0277. The zero-order chi connectivity index (χ0) is 27.7. The first-order chi connectivity index (χ1) is 18.9. The van der Waals surface area contributed by atoms with Gasteiger partial charge in [0.25, 0.3) is 0 Å². The van der Waals surface area contributed by atoms with Crippen LogP contribution in [0.3, 0.4) is 0 Å². The van der Waals surface area contributed by atoms with Gasteiger partial charge in [0.05, 0.1) is 43.7 Å². The maximum Gasteiger partial charge on any atom is 0.316 e. The Kier molecular flexibility index (Phi) is 7.24. The number of benzene rings is 2. The Morgan fingerprint density at radius 1 is 0.949 bits per heavy atom. The van der Waals surface area contributed by atoms with Gasteiger partial charge in [-0.25, -0.2) is 4.68 Å². The topological polar surface area (TPSA) is 109 Å². The summed E-state index contributed by atoms with van der Waals surface area (Å²) in [5.41, 5.74) is 3.82. The van der Waals surface area contributed by atoms with Crippen LogP contribution in [0.4, 0.5) is 5.82 Å². The van der Waals surface area contributed by atoms with Gasteiger partial charge in [-0.15, -0.1) is 0 Å². The molecule has 2 aromatic carbocycles. The number of aromatic nitrogens is 2. The predicted molar refractivity (Wildman–Crippen MR) is 144 cm³/mol. The molecule has 0 bridgehead atoms. The van der Waals surface area contributed by atoms with Gasteiger partial charge in [0.2, 0.25) is 0 Å². The molecular weight excluding hydrogens is 498 g/mol. The van der Waals surface area contributed by atoms with Crippen molar-refractivity contribution in [2.45, 2.75) is 33.2 Å². The smallest absolute Gasteiger partial charge is 0.316 e. The van der Waals surface area contributed by atoms with Crippen molar-refractivity contribution >= 4 is 29.1 Å². The molecule has 0 saturated carbocycles. The molecule has 39 heavy (non-hydrogen) atoms. The number of hydrogen-bond acceptors (Lipinski definition) is 8. The van der Waals surface area contributed by atoms with E-state index in [0.717, 1.165) is 11.3 Å². The van der Waals surface area contributed by atoms with Crippen LogP contribution in [0.15, 0.2) is 60.2 Å². The van der Waals surface area contributed by atoms with E-state index in [0.29, 0.717) is 34.0 Å². The molecule has 0 spiro atoms. The average Bonchev–Trinajstić information content (AvgIpc) is 3.29. The van der Waals surface area contributed by atoms with E-state index in [1.54, 1.807) is 25.6 Å². The number of aryl methyl sites for hydroxylation is 1. The fraction of sp³-hybridized carbons (Fsp3) is 0.333. The Labute approximate surface area is 226 Å². The van der Waals surface area contributed by atoms with E-state index in [4.69, 9.17) is 19.3 Å². The number of fused-ring (bicyclic) bond motifs is 2. The largest absolute Gasteiger partial charge is 0.497 e. The van der Waals surface area contributed by atoms with E-state index in [-0.39, 0.29) is 25.4 Å². The molecule has 0 fully saturated rings. The van der Waals surface area contributed by atoms with E-state index >= 15 is 0 Å². The lowest BCUT2D eigenvalue weighted by Crippen LogP contribution is -2.41. The average molecular weight is 530 g/mol. The zero-order valence-corrected chi connectivity index (χ0v) is 22.4. The Bertz CT molecular complexity index is 1440. The molecule has 202 valence electrons. The minimum atomic E-state index is -1.12. The molecule has 1 aromatic heterocycles. The molecule has 0 amide bonds. The number of anilines is 1. The highest BCUT2D eigenvalue weighted by atomic mass is 16.5. The fourth-order valence-electron chi connectivity index (χ4n) is 5.47. The van der Waals surface area contributed by atoms with Gasteiger partial charge in [-0.2, -0.15) is 5.10 Å². The monoisotopic (exact) mass is 529 g/mol. The second-order valence-electron chi connectivity index (χ2n) is 9.44. The van der Waals surface area contributed by atoms with Gasteiger partial charge in [0, 0.05) is 11.1 Å². The Hall–Kier alpha value is -4.40. The first kappa shape index (κ1) is 26.2. The van der Waals surface area contributed by atoms with Gasteiger partial charge in [0.15, 0.2) is 5.78 Å². The molecule has 9 heteroatoms. The molecule has 3 unspecified atom stereocenters. The molecule has 0 saturated heterocycles. The molecule has 1 aliphatic carbocycles. The van der Waals surface area contributed by atoms with Crippen LogP contribution in [0.5, 0.6) is 5.75 Å². The van der Waals surface area contributed by atoms with E-state index in [1.807, 2.05) is 61.5 Å². The molecule has 9 nitrogen and oxygen atoms in total. The maximum atomic E-state index is 14.1. The number of hydrogen-bond donors (Lipinski definition) is 1. The van der Waals surface area contributed by atoms with Crippen molar-refractivity contribution in [3.8, 4) is 11.4 Å². The van der Waals surface area contributed by atoms with Gasteiger partial charge in [-0.1, -0.05) is 30.3 Å². The van der Waals surface area contributed by atoms with Crippen molar-refractivity contribution < 1.29 is 28.6 Å². The van der Waals surface area contributed by atoms with Gasteiger partial charge >= 0.3 is 11.9 Å². The summed E-state index contributed by atoms with van der Waals surface area (Å²) in [7, 11) is 1.58. The minimum absolute atomic E-state index is 0.0277. The molecule has 1 N–H and O–H groups in total. The summed E-state index contributed by atoms with van der Waals surface area (Å²) in [6, 6.07) is 16.3. The number of rotatable bonds is 7. The Balaban J connectivity index is 1.78. The first-order valence-corrected chi connectivity index (χ1v) is 13.1. The third kappa shape index (κ3) is 4.58. The number of para-hydroxylation sites is 1. The van der Waals surface area contributed by atoms with Gasteiger partial charge < -0.3 is 19.5 Å². The quantitative estimate of drug-likeness (QED) is 0.354. The summed E-state index contributed by atoms with van der Waals surface area (Å²) in [5.74, 6) is -2.13. The summed E-state index contributed by atoms with van der Waals surface area (Å²) in [4.78, 5) is 40.5. The number of carbonyl (C=O) groups excluding carboxylic acids is 3. The number of carbonyl (C=O) groups is 3. The van der Waals surface area contributed by atoms with Gasteiger partial charge in [-0.05, 0) is 62.6 Å². The predicted octanol–water partition coefficient (Wildman–Crippen LogP) is 4.44. The molecule has 0 radical (unpaired) electrons. The fourth-order valence-corrected chi connectivity index (χ4v) is 5.47. The summed E-state index contributed by atoms with van der Waals surface area (Å²) < 4.78 is 17.9. The van der Waals surface area contributed by atoms with Crippen molar-refractivity contribution in [1.82, 2.24) is 9.78 Å². The molecule has 2 aliphatic rings. The standard InChI is InChI=1S/C30H31N3O6/c1-5-38-29(35)21-16-22(30(36)39-6-2)27(34)25-24(21)23-17(3)32-33(19-10-8-7-9-11-19)28(23)31-26(25)18-12-14-20(37-4)15-13-18/h7-15,21-22,26,31H,5-6,16H2,1-4H3. The number of ketones is 1. The lowest BCUT2D eigenvalue weighted by Gasteiger charge is -2.38. The first-order valence-electron chi connectivity index (χ1n) is 13.1. The highest BCUT2D eigenvalue weighted by Crippen LogP contribution is 2.51. The number of esters is 2. The van der Waals surface area contributed by atoms with Crippen molar-refractivity contribution in [2.24, 2.45) is 11.8 Å². The SMILES string of the molecule is CCOC(=O)C1CC(C(=O)OCC)C2=C(C1=O)C(c1ccc(OC)cc1)Nc1c2c(C)nn1-c1ccccc1. The number of methoxy groups -OCH3 is 1. The minimum Gasteiger partial charge on any atom is -0.497 e. The number of Topliss-reactive ketones (excluding diaryl/α,β-unsaturated/α-hetero) is 1. The van der Waals surface area contributed by atoms with Crippen LogP contribution in [0.1, 0.15) is 43.1 Å². The number of ether oxygens (including phenoxy) is 3. The van der Waals surface area contributed by atoms with Crippen LogP contribution in [0.2, 0.25) is 0 Å². The summed E-state index contributed by atoms with van der Waals surface area (Å²) in [5, 5.41) is 8.33. The number of nitrogens with zero attached hydrogens (tertiary/aromatic N) is 2. The van der Waals surface area contributed by atoms with Crippen LogP contribution < -0.4 is 10.1 Å². The van der Waals surface area contributed by atoms with Crippen LogP contribution in [0.25, 0.3) is 11.3 Å². The lowest BCUT2D eigenvalue weighted by atomic mass is 9.69. The Morgan fingerprint density at radius 3 is 2.21 bits per heavy atom. The zero-order valence-electron chi connectivity index (χ0n) is 22.4. The molecule has 3 aromatic rings. The third-order valence-corrected chi connectivity index (χ3v) is 7.18. The van der Waals surface area contributed by atoms with Crippen LogP contribution in [-0.4, -0.2) is 47.8 Å². The second kappa shape index (κ2) is 10.8. The normalized spacial score (nSPS) is 20.0. The third-order valence-electron chi connectivity index (χ3n) is 7.18. The van der Waals surface area contributed by atoms with Crippen molar-refractivity contribution in [1.29, 1.82) is 0 Å². The molecule has 1 aliphatic heterocycles. The highest BCUT2D eigenvalue weighted by molar-refractivity contribution is 6.18. The maximum absolute atomic E-state index is 14.1.